The SMILES string of the molecule is CCCCCCCC(=O)N(CCC)CC(=O)N(CCc1c[nH]c2ccccc12)Cc1ccc(OCC)cc1. The molecular formula is C32H45N3O3. The van der Waals surface area contributed by atoms with Gasteiger partial charge < -0.3 is 19.5 Å². The summed E-state index contributed by atoms with van der Waals surface area (Å²) in [6.07, 6.45) is 9.66. The molecule has 206 valence electrons. The molecule has 0 fully saturated rings. The second-order valence-electron chi connectivity index (χ2n) is 9.98. The number of para-hydroxylation sites is 1. The van der Waals surface area contributed by atoms with Crippen LogP contribution in [0.1, 0.15) is 76.8 Å². The highest BCUT2D eigenvalue weighted by Crippen LogP contribution is 2.20. The molecule has 0 aliphatic heterocycles. The Labute approximate surface area is 228 Å². The van der Waals surface area contributed by atoms with E-state index in [1.807, 2.05) is 54.4 Å². The van der Waals surface area contributed by atoms with Crippen molar-refractivity contribution in [1.29, 1.82) is 0 Å². The minimum atomic E-state index is -0.00786. The highest BCUT2D eigenvalue weighted by Gasteiger charge is 2.21. The Bertz CT molecular complexity index is 1120. The molecule has 6 heteroatoms. The van der Waals surface area contributed by atoms with E-state index in [1.54, 1.807) is 4.90 Å². The summed E-state index contributed by atoms with van der Waals surface area (Å²) in [5.74, 6) is 0.910. The number of nitrogens with zero attached hydrogens (tertiary/aromatic N) is 2. The van der Waals surface area contributed by atoms with Gasteiger partial charge in [0, 0.05) is 43.2 Å². The number of hydrogen-bond donors (Lipinski definition) is 1. The lowest BCUT2D eigenvalue weighted by molar-refractivity contribution is -0.141. The lowest BCUT2D eigenvalue weighted by Gasteiger charge is -2.28. The topological polar surface area (TPSA) is 65.6 Å². The van der Waals surface area contributed by atoms with Crippen molar-refractivity contribution in [3.63, 3.8) is 0 Å². The van der Waals surface area contributed by atoms with Gasteiger partial charge in [-0.25, -0.2) is 0 Å². The van der Waals surface area contributed by atoms with E-state index >= 15 is 0 Å². The van der Waals surface area contributed by atoms with Crippen LogP contribution in [0.3, 0.4) is 0 Å². The summed E-state index contributed by atoms with van der Waals surface area (Å²) >= 11 is 0. The number of benzene rings is 2. The van der Waals surface area contributed by atoms with Gasteiger partial charge in [0.15, 0.2) is 0 Å². The van der Waals surface area contributed by atoms with Crippen LogP contribution in [0.15, 0.2) is 54.7 Å². The Hall–Kier alpha value is -3.28. The van der Waals surface area contributed by atoms with Gasteiger partial charge in [-0.1, -0.05) is 69.9 Å². The van der Waals surface area contributed by atoms with E-state index in [-0.39, 0.29) is 18.4 Å². The number of rotatable bonds is 17. The summed E-state index contributed by atoms with van der Waals surface area (Å²) in [5.41, 5.74) is 3.34. The van der Waals surface area contributed by atoms with Crippen molar-refractivity contribution in [3.8, 4) is 5.75 Å². The van der Waals surface area contributed by atoms with Crippen molar-refractivity contribution in [1.82, 2.24) is 14.8 Å². The van der Waals surface area contributed by atoms with Crippen LogP contribution >= 0.6 is 0 Å². The number of carbonyl (C=O) groups excluding carboxylic acids is 2. The third-order valence-corrected chi connectivity index (χ3v) is 6.95. The summed E-state index contributed by atoms with van der Waals surface area (Å²) in [6, 6.07) is 16.2. The quantitative estimate of drug-likeness (QED) is 0.201. The maximum atomic E-state index is 13.6. The van der Waals surface area contributed by atoms with Gasteiger partial charge in [-0.2, -0.15) is 0 Å². The maximum absolute atomic E-state index is 13.6. The maximum Gasteiger partial charge on any atom is 0.242 e. The Kier molecular flexibility index (Phi) is 12.2. The molecule has 3 rings (SSSR count). The van der Waals surface area contributed by atoms with Crippen LogP contribution in [0.25, 0.3) is 10.9 Å². The number of amides is 2. The molecule has 0 aliphatic carbocycles. The van der Waals surface area contributed by atoms with Crippen molar-refractivity contribution in [2.24, 2.45) is 0 Å². The molecule has 0 aliphatic rings. The molecule has 0 saturated heterocycles. The number of unbranched alkanes of at least 4 members (excludes halogenated alkanes) is 4. The van der Waals surface area contributed by atoms with E-state index in [9.17, 15) is 9.59 Å². The molecular weight excluding hydrogens is 474 g/mol. The highest BCUT2D eigenvalue weighted by molar-refractivity contribution is 5.85. The zero-order valence-corrected chi connectivity index (χ0v) is 23.5. The standard InChI is InChI=1S/C32H45N3O3/c1-4-7-8-9-10-15-31(36)34(21-5-2)25-32(37)35(24-26-16-18-28(19-17-26)38-6-3)22-20-27-23-33-30-14-12-11-13-29(27)30/h11-14,16-19,23,33H,4-10,15,20-22,24-25H2,1-3H3. The first-order chi connectivity index (χ1) is 18.5. The molecule has 1 N–H and O–H groups in total. The van der Waals surface area contributed by atoms with Crippen LogP contribution in [0, 0.1) is 0 Å². The fraction of sp³-hybridized carbons (Fsp3) is 0.500. The van der Waals surface area contributed by atoms with Gasteiger partial charge in [0.1, 0.15) is 5.75 Å². The molecule has 6 nitrogen and oxygen atoms in total. The van der Waals surface area contributed by atoms with Gasteiger partial charge >= 0.3 is 0 Å². The first kappa shape index (κ1) is 29.3. The number of H-pyrrole nitrogens is 1. The van der Waals surface area contributed by atoms with Crippen LogP contribution in [0.2, 0.25) is 0 Å². The molecule has 0 atom stereocenters. The van der Waals surface area contributed by atoms with E-state index in [0.717, 1.165) is 42.5 Å². The highest BCUT2D eigenvalue weighted by atomic mass is 16.5. The van der Waals surface area contributed by atoms with Crippen LogP contribution in [-0.4, -0.2) is 52.8 Å². The summed E-state index contributed by atoms with van der Waals surface area (Å²) in [5, 5.41) is 1.19. The summed E-state index contributed by atoms with van der Waals surface area (Å²) < 4.78 is 5.58. The van der Waals surface area contributed by atoms with Crippen molar-refractivity contribution >= 4 is 22.7 Å². The first-order valence-corrected chi connectivity index (χ1v) is 14.4. The molecule has 0 saturated carbocycles. The van der Waals surface area contributed by atoms with E-state index < -0.39 is 0 Å². The van der Waals surface area contributed by atoms with E-state index in [2.05, 4.69) is 31.0 Å². The van der Waals surface area contributed by atoms with Gasteiger partial charge in [0.25, 0.3) is 0 Å². The summed E-state index contributed by atoms with van der Waals surface area (Å²) in [6.45, 7) is 8.66. The first-order valence-electron chi connectivity index (χ1n) is 14.4. The fourth-order valence-corrected chi connectivity index (χ4v) is 4.83. The average Bonchev–Trinajstić information content (AvgIpc) is 3.34. The molecule has 0 radical (unpaired) electrons. The van der Waals surface area contributed by atoms with E-state index in [1.165, 1.54) is 30.2 Å². The van der Waals surface area contributed by atoms with Crippen molar-refractivity contribution in [2.45, 2.75) is 78.7 Å². The Morgan fingerprint density at radius 3 is 2.32 bits per heavy atom. The molecule has 0 spiro atoms. The molecule has 3 aromatic rings. The Morgan fingerprint density at radius 1 is 0.816 bits per heavy atom. The van der Waals surface area contributed by atoms with Gasteiger partial charge in [-0.05, 0) is 55.5 Å². The Morgan fingerprint density at radius 2 is 1.58 bits per heavy atom. The molecule has 1 aromatic heterocycles. The predicted molar refractivity (Wildman–Crippen MR) is 155 cm³/mol. The number of aromatic amines is 1. The monoisotopic (exact) mass is 519 g/mol. The third kappa shape index (κ3) is 8.93. The largest absolute Gasteiger partial charge is 0.494 e. The zero-order valence-electron chi connectivity index (χ0n) is 23.5. The normalized spacial score (nSPS) is 11.0. The lowest BCUT2D eigenvalue weighted by atomic mass is 10.1. The number of fused-ring (bicyclic) bond motifs is 1. The van der Waals surface area contributed by atoms with Gasteiger partial charge in [0.05, 0.1) is 13.2 Å². The third-order valence-electron chi connectivity index (χ3n) is 6.95. The van der Waals surface area contributed by atoms with Gasteiger partial charge in [0.2, 0.25) is 11.8 Å². The average molecular weight is 520 g/mol. The minimum absolute atomic E-state index is 0.00786. The number of hydrogen-bond acceptors (Lipinski definition) is 3. The van der Waals surface area contributed by atoms with Crippen LogP contribution in [0.4, 0.5) is 0 Å². The second-order valence-corrected chi connectivity index (χ2v) is 9.98. The van der Waals surface area contributed by atoms with Crippen molar-refractivity contribution in [2.75, 3.05) is 26.2 Å². The zero-order chi connectivity index (χ0) is 27.2. The van der Waals surface area contributed by atoms with Crippen LogP contribution in [-0.2, 0) is 22.6 Å². The lowest BCUT2D eigenvalue weighted by Crippen LogP contribution is -2.43. The summed E-state index contributed by atoms with van der Waals surface area (Å²) in [4.78, 5) is 33.6. The Balaban J connectivity index is 1.70. The molecule has 38 heavy (non-hydrogen) atoms. The molecule has 1 heterocycles. The van der Waals surface area contributed by atoms with Crippen molar-refractivity contribution in [3.05, 3.63) is 65.9 Å². The summed E-state index contributed by atoms with van der Waals surface area (Å²) in [7, 11) is 0. The van der Waals surface area contributed by atoms with Crippen LogP contribution in [0.5, 0.6) is 5.75 Å². The van der Waals surface area contributed by atoms with Gasteiger partial charge in [-0.3, -0.25) is 9.59 Å². The van der Waals surface area contributed by atoms with Crippen LogP contribution < -0.4 is 4.74 Å². The van der Waals surface area contributed by atoms with E-state index in [4.69, 9.17) is 4.74 Å². The van der Waals surface area contributed by atoms with Crippen molar-refractivity contribution < 1.29 is 14.3 Å². The molecule has 2 amide bonds. The van der Waals surface area contributed by atoms with E-state index in [0.29, 0.717) is 32.7 Å². The number of nitrogens with one attached hydrogen (secondary N) is 1. The molecule has 2 aromatic carbocycles. The minimum Gasteiger partial charge on any atom is -0.494 e. The van der Waals surface area contributed by atoms with Gasteiger partial charge in [-0.15, -0.1) is 0 Å². The number of ether oxygens (including phenoxy) is 1. The second kappa shape index (κ2) is 15.9. The fourth-order valence-electron chi connectivity index (χ4n) is 4.83. The number of carbonyl (C=O) groups is 2. The predicted octanol–water partition coefficient (Wildman–Crippen LogP) is 6.74. The smallest absolute Gasteiger partial charge is 0.242 e. The number of aromatic nitrogens is 1. The molecule has 0 unspecified atom stereocenters. The molecule has 0 bridgehead atoms.